The molecule has 6 nitrogen and oxygen atoms in total. The highest BCUT2D eigenvalue weighted by molar-refractivity contribution is 6.32. The first-order chi connectivity index (χ1) is 12.2. The van der Waals surface area contributed by atoms with Crippen LogP contribution in [0, 0.1) is 11.7 Å². The lowest BCUT2D eigenvalue weighted by Gasteiger charge is -2.19. The molecule has 1 N–H and O–H groups in total. The molecule has 1 rings (SSSR count). The van der Waals surface area contributed by atoms with E-state index < -0.39 is 24.0 Å². The van der Waals surface area contributed by atoms with E-state index in [1.807, 2.05) is 13.8 Å². The Labute approximate surface area is 157 Å². The summed E-state index contributed by atoms with van der Waals surface area (Å²) in [6.07, 6.45) is -0.618. The van der Waals surface area contributed by atoms with Crippen molar-refractivity contribution >= 4 is 29.4 Å². The fraction of sp³-hybridized carbons (Fsp3) is 0.444. The highest BCUT2D eigenvalue weighted by Crippen LogP contribution is 2.31. The van der Waals surface area contributed by atoms with Crippen molar-refractivity contribution in [2.75, 3.05) is 19.0 Å². The molecule has 1 aromatic carbocycles. The van der Waals surface area contributed by atoms with Crippen LogP contribution in [0.4, 0.5) is 14.9 Å². The average Bonchev–Trinajstić information content (AvgIpc) is 2.61. The summed E-state index contributed by atoms with van der Waals surface area (Å²) in [5, 5.41) is 1.95. The van der Waals surface area contributed by atoms with Crippen molar-refractivity contribution in [3.63, 3.8) is 0 Å². The maximum Gasteiger partial charge on any atom is 0.412 e. The molecular weight excluding hydrogens is 365 g/mol. The number of hydrogen-bond acceptors (Lipinski definition) is 5. The number of allylic oxidation sites excluding steroid dienone is 1. The highest BCUT2D eigenvalue weighted by atomic mass is 35.5. The number of esters is 1. The number of halogens is 2. The molecule has 0 bridgehead atoms. The molecule has 0 aliphatic carbocycles. The van der Waals surface area contributed by atoms with Gasteiger partial charge >= 0.3 is 12.1 Å². The van der Waals surface area contributed by atoms with Gasteiger partial charge in [-0.05, 0) is 37.5 Å². The van der Waals surface area contributed by atoms with Crippen molar-refractivity contribution in [2.24, 2.45) is 5.92 Å². The second-order valence-corrected chi connectivity index (χ2v) is 6.29. The second-order valence-electron chi connectivity index (χ2n) is 5.91. The second kappa shape index (κ2) is 10.0. The van der Waals surface area contributed by atoms with Crippen LogP contribution in [-0.2, 0) is 14.3 Å². The van der Waals surface area contributed by atoms with Crippen LogP contribution in [-0.4, -0.2) is 31.9 Å². The Kier molecular flexibility index (Phi) is 8.38. The Morgan fingerprint density at radius 3 is 2.54 bits per heavy atom. The van der Waals surface area contributed by atoms with E-state index in [9.17, 15) is 14.0 Å². The van der Waals surface area contributed by atoms with Gasteiger partial charge in [0, 0.05) is 0 Å². The number of methoxy groups -OCH3 is 1. The molecule has 0 spiro atoms. The van der Waals surface area contributed by atoms with Gasteiger partial charge in [-0.3, -0.25) is 5.32 Å². The van der Waals surface area contributed by atoms with E-state index >= 15 is 0 Å². The van der Waals surface area contributed by atoms with Gasteiger partial charge in [0.1, 0.15) is 10.8 Å². The first-order valence-electron chi connectivity index (χ1n) is 8.00. The standard InChI is InChI=1S/C18H23ClFNO5/c1-6-11(4)16(17(22)25-9-10(2)3)26-18(23)21-12-7-8-13(24-5)14(19)15(12)20/h6-8,10,16H,9H2,1-5H3,(H,21,23)/b11-6+. The minimum absolute atomic E-state index is 0.128. The number of carbonyl (C=O) groups excluding carboxylic acids is 2. The normalized spacial score (nSPS) is 12.5. The van der Waals surface area contributed by atoms with Crippen molar-refractivity contribution in [3.8, 4) is 5.75 Å². The number of nitrogens with one attached hydrogen (secondary N) is 1. The van der Waals surface area contributed by atoms with Gasteiger partial charge in [0.05, 0.1) is 19.4 Å². The summed E-state index contributed by atoms with van der Waals surface area (Å²) in [6, 6.07) is 2.67. The molecule has 0 aliphatic heterocycles. The monoisotopic (exact) mass is 387 g/mol. The smallest absolute Gasteiger partial charge is 0.412 e. The van der Waals surface area contributed by atoms with E-state index in [1.54, 1.807) is 19.9 Å². The third-order valence-electron chi connectivity index (χ3n) is 3.37. The fourth-order valence-corrected chi connectivity index (χ4v) is 2.08. The molecule has 0 aliphatic rings. The van der Waals surface area contributed by atoms with Gasteiger partial charge in [-0.25, -0.2) is 14.0 Å². The molecular formula is C18H23ClFNO5. The molecule has 0 radical (unpaired) electrons. The van der Waals surface area contributed by atoms with Gasteiger partial charge in [-0.1, -0.05) is 31.5 Å². The lowest BCUT2D eigenvalue weighted by atomic mass is 10.1. The van der Waals surface area contributed by atoms with E-state index in [0.717, 1.165) is 0 Å². The molecule has 26 heavy (non-hydrogen) atoms. The van der Waals surface area contributed by atoms with Crippen LogP contribution < -0.4 is 10.1 Å². The van der Waals surface area contributed by atoms with Crippen molar-refractivity contribution in [3.05, 3.63) is 34.6 Å². The number of rotatable bonds is 7. The minimum Gasteiger partial charge on any atom is -0.495 e. The van der Waals surface area contributed by atoms with Gasteiger partial charge < -0.3 is 14.2 Å². The Bertz CT molecular complexity index is 690. The number of hydrogen-bond donors (Lipinski definition) is 1. The van der Waals surface area contributed by atoms with E-state index in [0.29, 0.717) is 5.57 Å². The molecule has 1 unspecified atom stereocenters. The number of ether oxygens (including phenoxy) is 3. The van der Waals surface area contributed by atoms with Gasteiger partial charge in [0.15, 0.2) is 5.82 Å². The third kappa shape index (κ3) is 5.91. The summed E-state index contributed by atoms with van der Waals surface area (Å²) in [5.41, 5.74) is 0.287. The topological polar surface area (TPSA) is 73.9 Å². The third-order valence-corrected chi connectivity index (χ3v) is 3.72. The molecule has 0 aromatic heterocycles. The van der Waals surface area contributed by atoms with E-state index in [-0.39, 0.29) is 29.0 Å². The largest absolute Gasteiger partial charge is 0.495 e. The summed E-state index contributed by atoms with van der Waals surface area (Å²) < 4.78 is 29.3. The molecule has 8 heteroatoms. The summed E-state index contributed by atoms with van der Waals surface area (Å²) in [4.78, 5) is 24.3. The summed E-state index contributed by atoms with van der Waals surface area (Å²) in [6.45, 7) is 7.28. The number of amides is 1. The van der Waals surface area contributed by atoms with Crippen molar-refractivity contribution < 1.29 is 28.2 Å². The van der Waals surface area contributed by atoms with Crippen molar-refractivity contribution in [1.82, 2.24) is 0 Å². The lowest BCUT2D eigenvalue weighted by Crippen LogP contribution is -2.33. The molecule has 1 amide bonds. The van der Waals surface area contributed by atoms with E-state index in [4.69, 9.17) is 25.8 Å². The molecule has 1 atom stereocenters. The minimum atomic E-state index is -1.23. The maximum absolute atomic E-state index is 14.2. The zero-order chi connectivity index (χ0) is 19.9. The fourth-order valence-electron chi connectivity index (χ4n) is 1.84. The van der Waals surface area contributed by atoms with Gasteiger partial charge in [-0.2, -0.15) is 0 Å². The van der Waals surface area contributed by atoms with Gasteiger partial charge in [-0.15, -0.1) is 0 Å². The zero-order valence-corrected chi connectivity index (χ0v) is 16.1. The van der Waals surface area contributed by atoms with Crippen molar-refractivity contribution in [2.45, 2.75) is 33.8 Å². The number of benzene rings is 1. The zero-order valence-electron chi connectivity index (χ0n) is 15.4. The number of carbonyl (C=O) groups is 2. The Balaban J connectivity index is 2.88. The maximum atomic E-state index is 14.2. The van der Waals surface area contributed by atoms with Crippen LogP contribution in [0.5, 0.6) is 5.75 Å². The van der Waals surface area contributed by atoms with Crippen LogP contribution >= 0.6 is 11.6 Å². The average molecular weight is 388 g/mol. The predicted molar refractivity (Wildman–Crippen MR) is 97.1 cm³/mol. The predicted octanol–water partition coefficient (Wildman–Crippen LogP) is 4.57. The Morgan fingerprint density at radius 2 is 2.00 bits per heavy atom. The van der Waals surface area contributed by atoms with E-state index in [2.05, 4.69) is 5.32 Å². The summed E-state index contributed by atoms with van der Waals surface area (Å²) in [5.74, 6) is -1.31. The van der Waals surface area contributed by atoms with E-state index in [1.165, 1.54) is 19.2 Å². The van der Waals surface area contributed by atoms with Crippen LogP contribution in [0.25, 0.3) is 0 Å². The Morgan fingerprint density at radius 1 is 1.35 bits per heavy atom. The van der Waals surface area contributed by atoms with Gasteiger partial charge in [0.25, 0.3) is 0 Å². The van der Waals surface area contributed by atoms with Gasteiger partial charge in [0.2, 0.25) is 6.10 Å². The van der Waals surface area contributed by atoms with Crippen LogP contribution in [0.2, 0.25) is 5.02 Å². The van der Waals surface area contributed by atoms with Crippen LogP contribution in [0.1, 0.15) is 27.7 Å². The highest BCUT2D eigenvalue weighted by Gasteiger charge is 2.27. The molecule has 0 fully saturated rings. The molecule has 0 saturated carbocycles. The first kappa shape index (κ1) is 21.8. The lowest BCUT2D eigenvalue weighted by molar-refractivity contribution is -0.152. The first-order valence-corrected chi connectivity index (χ1v) is 8.38. The molecule has 0 heterocycles. The quantitative estimate of drug-likeness (QED) is 0.548. The molecule has 144 valence electrons. The van der Waals surface area contributed by atoms with Crippen LogP contribution in [0.3, 0.4) is 0 Å². The van der Waals surface area contributed by atoms with Crippen LogP contribution in [0.15, 0.2) is 23.8 Å². The Hall–Kier alpha value is -2.28. The summed E-state index contributed by atoms with van der Waals surface area (Å²) >= 11 is 5.81. The molecule has 0 saturated heterocycles. The number of anilines is 1. The summed E-state index contributed by atoms with van der Waals surface area (Å²) in [7, 11) is 1.34. The molecule has 1 aromatic rings. The SMILES string of the molecule is C/C=C(\C)C(OC(=O)Nc1ccc(OC)c(Cl)c1F)C(=O)OCC(C)C. The van der Waals surface area contributed by atoms with Crippen molar-refractivity contribution in [1.29, 1.82) is 0 Å².